The molecule has 0 heterocycles. The van der Waals surface area contributed by atoms with Gasteiger partial charge in [0.25, 0.3) is 0 Å². The second-order valence-corrected chi connectivity index (χ2v) is 9.06. The molecule has 2 rings (SSSR count). The molecule has 0 aliphatic rings. The fraction of sp³-hybridized carbons (Fsp3) is 0.500. The fourth-order valence-electron chi connectivity index (χ4n) is 4.35. The summed E-state index contributed by atoms with van der Waals surface area (Å²) in [5.41, 5.74) is 2.48. The highest BCUT2D eigenvalue weighted by atomic mass is 16.5. The SMILES string of the molecule is C=CC(c1ccccc1)C(CCOCCC(OCCCC)C(C=C)c1ccccc1)OCCCC. The Hall–Kier alpha value is -2.20. The summed E-state index contributed by atoms with van der Waals surface area (Å²) in [4.78, 5) is 0. The standard InChI is InChI=1S/C32H46O3/c1-5-9-23-34-31(29(7-3)27-17-13-11-14-18-27)21-25-33-26-22-32(35-24-10-6-2)30(8-4)28-19-15-12-16-20-28/h7-8,11-20,29-32H,3-6,9-10,21-26H2,1-2H3. The largest absolute Gasteiger partial charge is 0.381 e. The maximum absolute atomic E-state index is 6.31. The van der Waals surface area contributed by atoms with Crippen LogP contribution in [-0.2, 0) is 14.2 Å². The molecule has 3 heteroatoms. The smallest absolute Gasteiger partial charge is 0.0700 e. The monoisotopic (exact) mass is 478 g/mol. The summed E-state index contributed by atoms with van der Waals surface area (Å²) < 4.78 is 18.8. The quantitative estimate of drug-likeness (QED) is 0.142. The van der Waals surface area contributed by atoms with Gasteiger partial charge in [-0.25, -0.2) is 0 Å². The zero-order chi connectivity index (χ0) is 25.1. The molecular weight excluding hydrogens is 432 g/mol. The van der Waals surface area contributed by atoms with Gasteiger partial charge in [-0.05, 0) is 36.8 Å². The first-order valence-corrected chi connectivity index (χ1v) is 13.4. The summed E-state index contributed by atoms with van der Waals surface area (Å²) >= 11 is 0. The number of hydrogen-bond acceptors (Lipinski definition) is 3. The van der Waals surface area contributed by atoms with E-state index in [4.69, 9.17) is 14.2 Å². The zero-order valence-electron chi connectivity index (χ0n) is 21.9. The summed E-state index contributed by atoms with van der Waals surface area (Å²) in [5.74, 6) is 0.315. The highest BCUT2D eigenvalue weighted by Gasteiger charge is 2.23. The van der Waals surface area contributed by atoms with Crippen molar-refractivity contribution >= 4 is 0 Å². The summed E-state index contributed by atoms with van der Waals surface area (Å²) in [6.07, 6.45) is 10.2. The second-order valence-electron chi connectivity index (χ2n) is 9.06. The summed E-state index contributed by atoms with van der Waals surface area (Å²) in [6.45, 7) is 15.4. The third-order valence-electron chi connectivity index (χ3n) is 6.43. The van der Waals surface area contributed by atoms with Gasteiger partial charge in [0.05, 0.1) is 12.2 Å². The van der Waals surface area contributed by atoms with Crippen molar-refractivity contribution in [3.05, 3.63) is 97.1 Å². The topological polar surface area (TPSA) is 27.7 Å². The lowest BCUT2D eigenvalue weighted by Crippen LogP contribution is -2.26. The lowest BCUT2D eigenvalue weighted by molar-refractivity contribution is -0.00631. The van der Waals surface area contributed by atoms with Crippen molar-refractivity contribution in [2.24, 2.45) is 0 Å². The minimum absolute atomic E-state index is 0.0586. The van der Waals surface area contributed by atoms with Crippen molar-refractivity contribution in [2.75, 3.05) is 26.4 Å². The van der Waals surface area contributed by atoms with E-state index in [-0.39, 0.29) is 24.0 Å². The van der Waals surface area contributed by atoms with E-state index in [1.165, 1.54) is 11.1 Å². The Labute approximate surface area is 214 Å². The third-order valence-corrected chi connectivity index (χ3v) is 6.43. The van der Waals surface area contributed by atoms with E-state index in [1.807, 2.05) is 24.3 Å². The van der Waals surface area contributed by atoms with Gasteiger partial charge < -0.3 is 14.2 Å². The molecule has 0 amide bonds. The van der Waals surface area contributed by atoms with E-state index in [9.17, 15) is 0 Å². The molecule has 0 saturated heterocycles. The molecule has 0 aliphatic carbocycles. The Morgan fingerprint density at radius 1 is 0.629 bits per heavy atom. The van der Waals surface area contributed by atoms with Gasteiger partial charge in [-0.2, -0.15) is 0 Å². The lowest BCUT2D eigenvalue weighted by Gasteiger charge is -2.27. The van der Waals surface area contributed by atoms with Crippen LogP contribution in [0, 0.1) is 0 Å². The molecule has 0 spiro atoms. The van der Waals surface area contributed by atoms with Crippen LogP contribution in [0.1, 0.15) is 75.3 Å². The number of benzene rings is 2. The van der Waals surface area contributed by atoms with Gasteiger partial charge in [0.1, 0.15) is 0 Å². The van der Waals surface area contributed by atoms with Crippen LogP contribution in [0.3, 0.4) is 0 Å². The molecule has 3 nitrogen and oxygen atoms in total. The zero-order valence-corrected chi connectivity index (χ0v) is 21.9. The predicted molar refractivity (Wildman–Crippen MR) is 148 cm³/mol. The van der Waals surface area contributed by atoms with Gasteiger partial charge >= 0.3 is 0 Å². The van der Waals surface area contributed by atoms with E-state index in [2.05, 4.69) is 75.5 Å². The van der Waals surface area contributed by atoms with Crippen molar-refractivity contribution in [2.45, 2.75) is 76.4 Å². The molecule has 4 atom stereocenters. The summed E-state index contributed by atoms with van der Waals surface area (Å²) in [7, 11) is 0. The highest BCUT2D eigenvalue weighted by molar-refractivity contribution is 5.25. The van der Waals surface area contributed by atoms with Gasteiger partial charge in [-0.1, -0.05) is 99.5 Å². The molecule has 35 heavy (non-hydrogen) atoms. The fourth-order valence-corrected chi connectivity index (χ4v) is 4.35. The van der Waals surface area contributed by atoms with Crippen LogP contribution >= 0.6 is 0 Å². The van der Waals surface area contributed by atoms with Crippen LogP contribution < -0.4 is 0 Å². The van der Waals surface area contributed by atoms with Crippen LogP contribution in [0.25, 0.3) is 0 Å². The predicted octanol–water partition coefficient (Wildman–Crippen LogP) is 8.09. The molecule has 4 unspecified atom stereocenters. The van der Waals surface area contributed by atoms with Crippen molar-refractivity contribution in [1.29, 1.82) is 0 Å². The van der Waals surface area contributed by atoms with Crippen LogP contribution in [-0.4, -0.2) is 38.6 Å². The Bertz CT molecular complexity index is 721. The minimum Gasteiger partial charge on any atom is -0.381 e. The Morgan fingerprint density at radius 3 is 1.37 bits per heavy atom. The van der Waals surface area contributed by atoms with Gasteiger partial charge in [-0.3, -0.25) is 0 Å². The lowest BCUT2D eigenvalue weighted by atomic mass is 9.91. The van der Waals surface area contributed by atoms with E-state index >= 15 is 0 Å². The normalized spacial score (nSPS) is 14.7. The number of rotatable bonds is 20. The molecule has 192 valence electrons. The van der Waals surface area contributed by atoms with Gasteiger partial charge in [0.15, 0.2) is 0 Å². The van der Waals surface area contributed by atoms with Crippen LogP contribution in [0.4, 0.5) is 0 Å². The Morgan fingerprint density at radius 2 is 1.03 bits per heavy atom. The summed E-state index contributed by atoms with van der Waals surface area (Å²) in [5, 5.41) is 0. The molecule has 0 bridgehead atoms. The van der Waals surface area contributed by atoms with Gasteiger partial charge in [0, 0.05) is 38.3 Å². The molecular formula is C32H46O3. The average Bonchev–Trinajstić information content (AvgIpc) is 2.90. The van der Waals surface area contributed by atoms with Crippen LogP contribution in [0.15, 0.2) is 86.0 Å². The maximum atomic E-state index is 6.31. The van der Waals surface area contributed by atoms with E-state index in [0.717, 1.165) is 51.7 Å². The van der Waals surface area contributed by atoms with Crippen molar-refractivity contribution in [3.8, 4) is 0 Å². The molecule has 0 saturated carbocycles. The van der Waals surface area contributed by atoms with Crippen molar-refractivity contribution in [3.63, 3.8) is 0 Å². The summed E-state index contributed by atoms with van der Waals surface area (Å²) in [6, 6.07) is 21.0. The van der Waals surface area contributed by atoms with Crippen LogP contribution in [0.5, 0.6) is 0 Å². The minimum atomic E-state index is 0.0586. The molecule has 2 aromatic carbocycles. The van der Waals surface area contributed by atoms with E-state index in [1.54, 1.807) is 0 Å². The molecule has 0 fully saturated rings. The van der Waals surface area contributed by atoms with Crippen molar-refractivity contribution < 1.29 is 14.2 Å². The Kier molecular flexibility index (Phi) is 15.0. The highest BCUT2D eigenvalue weighted by Crippen LogP contribution is 2.27. The van der Waals surface area contributed by atoms with E-state index in [0.29, 0.717) is 13.2 Å². The average molecular weight is 479 g/mol. The first-order chi connectivity index (χ1) is 17.2. The first kappa shape index (κ1) is 29.0. The molecule has 0 aliphatic heterocycles. The maximum Gasteiger partial charge on any atom is 0.0700 e. The van der Waals surface area contributed by atoms with Gasteiger partial charge in [0.2, 0.25) is 0 Å². The number of unbranched alkanes of at least 4 members (excludes halogenated alkanes) is 2. The number of ether oxygens (including phenoxy) is 3. The molecule has 0 N–H and O–H groups in total. The van der Waals surface area contributed by atoms with Crippen LogP contribution in [0.2, 0.25) is 0 Å². The third kappa shape index (κ3) is 10.5. The van der Waals surface area contributed by atoms with E-state index < -0.39 is 0 Å². The van der Waals surface area contributed by atoms with Crippen molar-refractivity contribution in [1.82, 2.24) is 0 Å². The molecule has 0 radical (unpaired) electrons. The molecule has 0 aromatic heterocycles. The first-order valence-electron chi connectivity index (χ1n) is 13.4. The second kappa shape index (κ2) is 18.1. The molecule has 2 aromatic rings. The Balaban J connectivity index is 1.93. The number of hydrogen-bond donors (Lipinski definition) is 0. The van der Waals surface area contributed by atoms with Gasteiger partial charge in [-0.15, -0.1) is 13.2 Å².